The summed E-state index contributed by atoms with van der Waals surface area (Å²) in [6.45, 7) is 8.65. The number of aromatic nitrogens is 2. The molecule has 2 fully saturated rings. The summed E-state index contributed by atoms with van der Waals surface area (Å²) in [5.41, 5.74) is 1.43. The van der Waals surface area contributed by atoms with Crippen molar-refractivity contribution >= 4 is 33.3 Å². The Bertz CT molecular complexity index is 892. The zero-order valence-corrected chi connectivity index (χ0v) is 17.2. The minimum absolute atomic E-state index is 0.0797. The number of piperazine rings is 1. The molecule has 0 aromatic carbocycles. The molecule has 2 aliphatic heterocycles. The van der Waals surface area contributed by atoms with Gasteiger partial charge in [0.25, 0.3) is 0 Å². The molecular weight excluding hydrogens is 374 g/mol. The number of thiophene rings is 1. The normalized spacial score (nSPS) is 23.7. The van der Waals surface area contributed by atoms with Crippen LogP contribution in [0.2, 0.25) is 0 Å². The third-order valence-corrected chi connectivity index (χ3v) is 7.28. The molecule has 2 saturated heterocycles. The zero-order chi connectivity index (χ0) is 19.1. The lowest BCUT2D eigenvalue weighted by molar-refractivity contribution is -0.922. The molecule has 2 N–H and O–H groups in total. The molecule has 7 nitrogen and oxygen atoms in total. The molecule has 1 aliphatic carbocycles. The molecule has 3 aliphatic rings. The van der Waals surface area contributed by atoms with Crippen LogP contribution in [0.1, 0.15) is 29.6 Å². The largest absolute Gasteiger partial charge is 0.370 e. The molecule has 0 radical (unpaired) electrons. The Morgan fingerprint density at radius 3 is 3.00 bits per heavy atom. The van der Waals surface area contributed by atoms with E-state index in [4.69, 9.17) is 14.7 Å². The number of ether oxygens (including phenoxy) is 1. The summed E-state index contributed by atoms with van der Waals surface area (Å²) in [4.78, 5) is 28.3. The first kappa shape index (κ1) is 18.3. The van der Waals surface area contributed by atoms with E-state index in [-0.39, 0.29) is 5.91 Å². The number of aryl methyl sites for hydroxylation is 1. The van der Waals surface area contributed by atoms with Gasteiger partial charge in [0.2, 0.25) is 5.91 Å². The van der Waals surface area contributed by atoms with E-state index in [9.17, 15) is 4.79 Å². The zero-order valence-electron chi connectivity index (χ0n) is 16.4. The van der Waals surface area contributed by atoms with Gasteiger partial charge < -0.3 is 19.9 Å². The van der Waals surface area contributed by atoms with Crippen LogP contribution in [-0.4, -0.2) is 61.8 Å². The van der Waals surface area contributed by atoms with Crippen LogP contribution in [0.5, 0.6) is 0 Å². The second-order valence-corrected chi connectivity index (χ2v) is 9.39. The highest BCUT2D eigenvalue weighted by atomic mass is 32.1. The minimum Gasteiger partial charge on any atom is -0.370 e. The lowest BCUT2D eigenvalue weighted by Gasteiger charge is -2.29. The molecule has 2 aromatic heterocycles. The molecule has 5 rings (SSSR count). The van der Waals surface area contributed by atoms with Crippen LogP contribution in [0, 0.1) is 5.92 Å². The Labute approximate surface area is 169 Å². The molecular formula is C20H28N5O2S+. The van der Waals surface area contributed by atoms with E-state index in [1.54, 1.807) is 0 Å². The smallest absolute Gasteiger partial charge is 0.239 e. The van der Waals surface area contributed by atoms with Crippen molar-refractivity contribution < 1.29 is 14.4 Å². The summed E-state index contributed by atoms with van der Waals surface area (Å²) in [6.07, 6.45) is 3.46. The highest BCUT2D eigenvalue weighted by Gasteiger charge is 2.28. The van der Waals surface area contributed by atoms with Crippen LogP contribution in [0.15, 0.2) is 0 Å². The Hall–Kier alpha value is -1.77. The Morgan fingerprint density at radius 1 is 1.32 bits per heavy atom. The van der Waals surface area contributed by atoms with Crippen molar-refractivity contribution in [3.8, 4) is 0 Å². The lowest BCUT2D eigenvalue weighted by atomic mass is 9.89. The molecule has 1 amide bonds. The fraction of sp³-hybridized carbons (Fsp3) is 0.650. The first-order chi connectivity index (χ1) is 13.7. The van der Waals surface area contributed by atoms with E-state index in [1.165, 1.54) is 27.1 Å². The van der Waals surface area contributed by atoms with E-state index >= 15 is 0 Å². The molecule has 0 spiro atoms. The van der Waals surface area contributed by atoms with E-state index in [0.29, 0.717) is 13.1 Å². The molecule has 0 unspecified atom stereocenters. The van der Waals surface area contributed by atoms with Gasteiger partial charge in [-0.05, 0) is 30.7 Å². The summed E-state index contributed by atoms with van der Waals surface area (Å²) in [5, 5.41) is 4.14. The maximum Gasteiger partial charge on any atom is 0.239 e. The van der Waals surface area contributed by atoms with Gasteiger partial charge in [-0.25, -0.2) is 9.97 Å². The van der Waals surface area contributed by atoms with E-state index < -0.39 is 0 Å². The second kappa shape index (κ2) is 7.57. The summed E-state index contributed by atoms with van der Waals surface area (Å²) >= 11 is 1.85. The van der Waals surface area contributed by atoms with Crippen molar-refractivity contribution in [2.45, 2.75) is 32.7 Å². The molecule has 150 valence electrons. The number of hydrogen-bond acceptors (Lipinski definition) is 6. The Balaban J connectivity index is 1.57. The second-order valence-electron chi connectivity index (χ2n) is 8.31. The fourth-order valence-electron chi connectivity index (χ4n) is 4.55. The highest BCUT2D eigenvalue weighted by Crippen LogP contribution is 2.41. The Morgan fingerprint density at radius 2 is 2.18 bits per heavy atom. The predicted molar refractivity (Wildman–Crippen MR) is 109 cm³/mol. The van der Waals surface area contributed by atoms with Crippen molar-refractivity contribution in [2.24, 2.45) is 5.92 Å². The third-order valence-electron chi connectivity index (χ3n) is 6.13. The molecule has 8 heteroatoms. The van der Waals surface area contributed by atoms with Crippen LogP contribution < -0.4 is 15.1 Å². The number of fused-ring (bicyclic) bond motifs is 3. The summed E-state index contributed by atoms with van der Waals surface area (Å²) in [7, 11) is 0. The number of carbonyl (C=O) groups excluding carboxylic acids is 1. The number of rotatable bonds is 3. The molecule has 4 heterocycles. The van der Waals surface area contributed by atoms with Gasteiger partial charge in [-0.2, -0.15) is 0 Å². The highest BCUT2D eigenvalue weighted by molar-refractivity contribution is 7.19. The number of carbonyl (C=O) groups is 1. The number of nitrogens with zero attached hydrogens (tertiary/aromatic N) is 3. The molecule has 28 heavy (non-hydrogen) atoms. The maximum atomic E-state index is 12.0. The standard InChI is InChI=1S/C20H27N5O2S/c1-13-2-3-14-15(10-13)28-20-18(14)19(25-5-4-21-17(26)12-25)22-16(23-20)11-24-6-8-27-9-7-24/h13H,2-12H2,1H3,(H,21,26)/p+1/t13-/m1/s1. The molecule has 2 aromatic rings. The summed E-state index contributed by atoms with van der Waals surface area (Å²) < 4.78 is 5.49. The molecule has 1 atom stereocenters. The first-order valence-corrected chi connectivity index (χ1v) is 11.2. The number of hydrogen-bond donors (Lipinski definition) is 2. The number of morpholine rings is 1. The Kier molecular flexibility index (Phi) is 4.94. The van der Waals surface area contributed by atoms with Crippen LogP contribution in [0.25, 0.3) is 10.2 Å². The van der Waals surface area contributed by atoms with Crippen molar-refractivity contribution in [1.29, 1.82) is 0 Å². The average Bonchev–Trinajstić information content (AvgIpc) is 3.05. The topological polar surface area (TPSA) is 71.8 Å². The fourth-order valence-corrected chi connectivity index (χ4v) is 5.95. The summed E-state index contributed by atoms with van der Waals surface area (Å²) in [5.74, 6) is 2.69. The minimum atomic E-state index is 0.0797. The van der Waals surface area contributed by atoms with Gasteiger partial charge in [0.1, 0.15) is 30.3 Å². The van der Waals surface area contributed by atoms with Gasteiger partial charge in [0.15, 0.2) is 5.82 Å². The van der Waals surface area contributed by atoms with Crippen LogP contribution in [-0.2, 0) is 28.9 Å². The van der Waals surface area contributed by atoms with Crippen LogP contribution in [0.3, 0.4) is 0 Å². The van der Waals surface area contributed by atoms with Crippen molar-refractivity contribution in [2.75, 3.05) is 50.8 Å². The van der Waals surface area contributed by atoms with Crippen molar-refractivity contribution in [1.82, 2.24) is 15.3 Å². The van der Waals surface area contributed by atoms with Gasteiger partial charge in [-0.3, -0.25) is 4.79 Å². The van der Waals surface area contributed by atoms with E-state index in [2.05, 4.69) is 17.1 Å². The van der Waals surface area contributed by atoms with Gasteiger partial charge >= 0.3 is 0 Å². The van der Waals surface area contributed by atoms with Crippen LogP contribution >= 0.6 is 11.3 Å². The lowest BCUT2D eigenvalue weighted by Crippen LogP contribution is -3.12. The van der Waals surface area contributed by atoms with Crippen molar-refractivity contribution in [3.63, 3.8) is 0 Å². The summed E-state index contributed by atoms with van der Waals surface area (Å²) in [6, 6.07) is 0. The van der Waals surface area contributed by atoms with Gasteiger partial charge in [-0.1, -0.05) is 6.92 Å². The van der Waals surface area contributed by atoms with E-state index in [0.717, 1.165) is 74.6 Å². The first-order valence-electron chi connectivity index (χ1n) is 10.4. The monoisotopic (exact) mass is 402 g/mol. The molecule has 0 saturated carbocycles. The van der Waals surface area contributed by atoms with Crippen LogP contribution in [0.4, 0.5) is 5.82 Å². The maximum absolute atomic E-state index is 12.0. The van der Waals surface area contributed by atoms with E-state index in [1.807, 2.05) is 11.3 Å². The number of nitrogens with one attached hydrogen (secondary N) is 2. The van der Waals surface area contributed by atoms with Gasteiger partial charge in [0.05, 0.1) is 25.1 Å². The predicted octanol–water partition coefficient (Wildman–Crippen LogP) is 0.167. The van der Waals surface area contributed by atoms with Gasteiger partial charge in [-0.15, -0.1) is 11.3 Å². The SMILES string of the molecule is C[C@@H]1CCc2c(sc3nc(C[NH+]4CCOCC4)nc(N4CCNC(=O)C4)c23)C1. The average molecular weight is 403 g/mol. The molecule has 0 bridgehead atoms. The van der Waals surface area contributed by atoms with Gasteiger partial charge in [0, 0.05) is 18.0 Å². The number of anilines is 1. The van der Waals surface area contributed by atoms with Crippen molar-refractivity contribution in [3.05, 3.63) is 16.3 Å². The number of quaternary nitrogens is 1. The quantitative estimate of drug-likeness (QED) is 0.766. The third kappa shape index (κ3) is 3.49. The number of amides is 1.